The van der Waals surface area contributed by atoms with Crippen LogP contribution in [0.25, 0.3) is 16.9 Å². The SMILES string of the molecule is Cn1ccnc1COc1ccc(C(=O)NCc2ccc(-n3cnc4ccccc43)nc2)cc1. The van der Waals surface area contributed by atoms with Crippen LogP contribution in [0.5, 0.6) is 5.75 Å². The highest BCUT2D eigenvalue weighted by Crippen LogP contribution is 2.17. The molecule has 3 aromatic heterocycles. The van der Waals surface area contributed by atoms with Gasteiger partial charge in [-0.2, -0.15) is 0 Å². The predicted molar refractivity (Wildman–Crippen MR) is 124 cm³/mol. The predicted octanol–water partition coefficient (Wildman–Crippen LogP) is 3.66. The lowest BCUT2D eigenvalue weighted by atomic mass is 10.2. The van der Waals surface area contributed by atoms with Crippen LogP contribution in [-0.2, 0) is 20.2 Å². The fraction of sp³-hybridized carbons (Fsp3) is 0.120. The van der Waals surface area contributed by atoms with Gasteiger partial charge in [-0.1, -0.05) is 18.2 Å². The van der Waals surface area contributed by atoms with E-state index in [0.717, 1.165) is 28.2 Å². The molecule has 0 radical (unpaired) electrons. The minimum atomic E-state index is -0.157. The summed E-state index contributed by atoms with van der Waals surface area (Å²) in [5.74, 6) is 2.13. The summed E-state index contributed by atoms with van der Waals surface area (Å²) >= 11 is 0. The zero-order valence-electron chi connectivity index (χ0n) is 18.0. The van der Waals surface area contributed by atoms with Gasteiger partial charge in [-0.15, -0.1) is 0 Å². The maximum Gasteiger partial charge on any atom is 0.251 e. The fourth-order valence-corrected chi connectivity index (χ4v) is 3.48. The lowest BCUT2D eigenvalue weighted by molar-refractivity contribution is 0.0951. The number of imidazole rings is 2. The van der Waals surface area contributed by atoms with Crippen molar-refractivity contribution in [3.05, 3.63) is 103 Å². The molecule has 0 saturated heterocycles. The topological polar surface area (TPSA) is 86.9 Å². The van der Waals surface area contributed by atoms with Crippen molar-refractivity contribution in [2.75, 3.05) is 0 Å². The highest BCUT2D eigenvalue weighted by atomic mass is 16.5. The minimum absolute atomic E-state index is 0.157. The number of nitrogens with zero attached hydrogens (tertiary/aromatic N) is 5. The van der Waals surface area contributed by atoms with Crippen LogP contribution in [0.2, 0.25) is 0 Å². The summed E-state index contributed by atoms with van der Waals surface area (Å²) in [5.41, 5.74) is 3.39. The zero-order chi connectivity index (χ0) is 22.6. The third-order valence-electron chi connectivity index (χ3n) is 5.37. The van der Waals surface area contributed by atoms with Gasteiger partial charge in [-0.05, 0) is 48.0 Å². The number of para-hydroxylation sites is 2. The number of hydrogen-bond donors (Lipinski definition) is 1. The minimum Gasteiger partial charge on any atom is -0.486 e. The molecular weight excluding hydrogens is 416 g/mol. The van der Waals surface area contributed by atoms with Gasteiger partial charge in [0.1, 0.15) is 30.3 Å². The Balaban J connectivity index is 1.17. The zero-order valence-corrected chi connectivity index (χ0v) is 18.0. The van der Waals surface area contributed by atoms with Crippen molar-refractivity contribution in [1.82, 2.24) is 29.4 Å². The van der Waals surface area contributed by atoms with Gasteiger partial charge in [0, 0.05) is 37.7 Å². The number of hydrogen-bond acceptors (Lipinski definition) is 5. The Hall–Kier alpha value is -4.46. The third kappa shape index (κ3) is 4.45. The van der Waals surface area contributed by atoms with E-state index in [2.05, 4.69) is 20.3 Å². The summed E-state index contributed by atoms with van der Waals surface area (Å²) in [6, 6.07) is 18.8. The van der Waals surface area contributed by atoms with E-state index in [4.69, 9.17) is 4.74 Å². The first-order valence-electron chi connectivity index (χ1n) is 10.5. The summed E-state index contributed by atoms with van der Waals surface area (Å²) in [6.07, 6.45) is 7.13. The highest BCUT2D eigenvalue weighted by molar-refractivity contribution is 5.94. The Morgan fingerprint density at radius 1 is 1.00 bits per heavy atom. The molecular formula is C25H22N6O2. The van der Waals surface area contributed by atoms with Crippen molar-refractivity contribution >= 4 is 16.9 Å². The van der Waals surface area contributed by atoms with E-state index in [1.54, 1.807) is 43.0 Å². The number of carbonyl (C=O) groups excluding carboxylic acids is 1. The molecule has 2 aromatic carbocycles. The van der Waals surface area contributed by atoms with Gasteiger partial charge in [0.15, 0.2) is 0 Å². The molecule has 0 bridgehead atoms. The smallest absolute Gasteiger partial charge is 0.251 e. The molecule has 3 heterocycles. The number of aryl methyl sites for hydroxylation is 1. The van der Waals surface area contributed by atoms with Gasteiger partial charge in [-0.25, -0.2) is 15.0 Å². The Kier molecular flexibility index (Phi) is 5.55. The number of pyridine rings is 1. The average molecular weight is 438 g/mol. The molecule has 0 spiro atoms. The van der Waals surface area contributed by atoms with E-state index in [0.29, 0.717) is 24.5 Å². The molecule has 8 nitrogen and oxygen atoms in total. The van der Waals surface area contributed by atoms with Gasteiger partial charge in [-0.3, -0.25) is 9.36 Å². The first kappa shape index (κ1) is 20.4. The Morgan fingerprint density at radius 2 is 1.85 bits per heavy atom. The van der Waals surface area contributed by atoms with Crippen LogP contribution in [0.3, 0.4) is 0 Å². The van der Waals surface area contributed by atoms with Crippen molar-refractivity contribution < 1.29 is 9.53 Å². The Labute approximate surface area is 190 Å². The van der Waals surface area contributed by atoms with E-state index in [9.17, 15) is 4.79 Å². The van der Waals surface area contributed by atoms with Gasteiger partial charge in [0.25, 0.3) is 5.91 Å². The first-order chi connectivity index (χ1) is 16.2. The standard InChI is InChI=1S/C25H22N6O2/c1-30-13-12-26-24(30)16-33-20-9-7-19(8-10-20)25(32)28-15-18-6-11-23(27-14-18)31-17-29-21-4-2-3-5-22(21)31/h2-14,17H,15-16H2,1H3,(H,28,32). The van der Waals surface area contributed by atoms with Crippen LogP contribution < -0.4 is 10.1 Å². The molecule has 5 rings (SSSR count). The van der Waals surface area contributed by atoms with Gasteiger partial charge < -0.3 is 14.6 Å². The number of benzene rings is 2. The maximum atomic E-state index is 12.5. The number of aromatic nitrogens is 5. The van der Waals surface area contributed by atoms with Crippen LogP contribution in [0.1, 0.15) is 21.7 Å². The average Bonchev–Trinajstić information content (AvgIpc) is 3.48. The second kappa shape index (κ2) is 8.96. The van der Waals surface area contributed by atoms with Crippen molar-refractivity contribution in [3.8, 4) is 11.6 Å². The van der Waals surface area contributed by atoms with Crippen LogP contribution >= 0.6 is 0 Å². The van der Waals surface area contributed by atoms with E-state index in [1.807, 2.05) is 58.8 Å². The molecule has 0 aliphatic carbocycles. The lowest BCUT2D eigenvalue weighted by Gasteiger charge is -2.09. The van der Waals surface area contributed by atoms with Crippen molar-refractivity contribution in [1.29, 1.82) is 0 Å². The van der Waals surface area contributed by atoms with Crippen LogP contribution in [0, 0.1) is 0 Å². The normalized spacial score (nSPS) is 10.9. The number of rotatable bonds is 7. The van der Waals surface area contributed by atoms with Crippen LogP contribution in [-0.4, -0.2) is 30.0 Å². The van der Waals surface area contributed by atoms with Crippen LogP contribution in [0.4, 0.5) is 0 Å². The highest BCUT2D eigenvalue weighted by Gasteiger charge is 2.08. The fourth-order valence-electron chi connectivity index (χ4n) is 3.48. The number of ether oxygens (including phenoxy) is 1. The summed E-state index contributed by atoms with van der Waals surface area (Å²) in [5, 5.41) is 2.93. The quantitative estimate of drug-likeness (QED) is 0.419. The maximum absolute atomic E-state index is 12.5. The van der Waals surface area contributed by atoms with Crippen molar-refractivity contribution in [2.45, 2.75) is 13.2 Å². The molecule has 1 amide bonds. The number of fused-ring (bicyclic) bond motifs is 1. The van der Waals surface area contributed by atoms with Gasteiger partial charge >= 0.3 is 0 Å². The van der Waals surface area contributed by atoms with E-state index < -0.39 is 0 Å². The van der Waals surface area contributed by atoms with E-state index >= 15 is 0 Å². The molecule has 8 heteroatoms. The van der Waals surface area contributed by atoms with E-state index in [-0.39, 0.29) is 5.91 Å². The van der Waals surface area contributed by atoms with Gasteiger partial charge in [0.2, 0.25) is 0 Å². The number of amides is 1. The molecule has 0 atom stereocenters. The second-order valence-electron chi connectivity index (χ2n) is 7.58. The molecule has 5 aromatic rings. The van der Waals surface area contributed by atoms with E-state index in [1.165, 1.54) is 0 Å². The molecule has 0 aliphatic heterocycles. The van der Waals surface area contributed by atoms with Gasteiger partial charge in [0.05, 0.1) is 11.0 Å². The molecule has 0 unspecified atom stereocenters. The lowest BCUT2D eigenvalue weighted by Crippen LogP contribution is -2.22. The summed E-state index contributed by atoms with van der Waals surface area (Å²) < 4.78 is 9.58. The largest absolute Gasteiger partial charge is 0.486 e. The summed E-state index contributed by atoms with van der Waals surface area (Å²) in [6.45, 7) is 0.751. The second-order valence-corrected chi connectivity index (χ2v) is 7.58. The molecule has 0 aliphatic rings. The van der Waals surface area contributed by atoms with Crippen LogP contribution in [0.15, 0.2) is 85.6 Å². The number of nitrogens with one attached hydrogen (secondary N) is 1. The summed E-state index contributed by atoms with van der Waals surface area (Å²) in [7, 11) is 1.92. The molecule has 164 valence electrons. The van der Waals surface area contributed by atoms with Crippen molar-refractivity contribution in [3.63, 3.8) is 0 Å². The molecule has 0 fully saturated rings. The Morgan fingerprint density at radius 3 is 2.61 bits per heavy atom. The first-order valence-corrected chi connectivity index (χ1v) is 10.5. The summed E-state index contributed by atoms with van der Waals surface area (Å²) in [4.78, 5) is 25.7. The molecule has 0 saturated carbocycles. The molecule has 33 heavy (non-hydrogen) atoms. The Bertz CT molecular complexity index is 1390. The third-order valence-corrected chi connectivity index (χ3v) is 5.37. The van der Waals surface area contributed by atoms with Crippen molar-refractivity contribution in [2.24, 2.45) is 7.05 Å². The molecule has 1 N–H and O–H groups in total. The monoisotopic (exact) mass is 438 g/mol. The number of carbonyl (C=O) groups is 1.